The van der Waals surface area contributed by atoms with Gasteiger partial charge < -0.3 is 20.7 Å². The zero-order valence-electron chi connectivity index (χ0n) is 13.1. The Morgan fingerprint density at radius 1 is 1.18 bits per heavy atom. The second-order valence-electron chi connectivity index (χ2n) is 5.10. The number of rotatable bonds is 10. The molecule has 1 aromatic carbocycles. The molecule has 1 atom stereocenters. The predicted octanol–water partition coefficient (Wildman–Crippen LogP) is -0.0939. The van der Waals surface area contributed by atoms with Crippen molar-refractivity contribution in [3.63, 3.8) is 0 Å². The van der Waals surface area contributed by atoms with Gasteiger partial charge in [-0.15, -0.1) is 0 Å². The van der Waals surface area contributed by atoms with Gasteiger partial charge in [-0.25, -0.2) is 0 Å². The molecule has 0 heterocycles. The predicted molar refractivity (Wildman–Crippen MR) is 84.2 cm³/mol. The van der Waals surface area contributed by atoms with Crippen LogP contribution >= 0.6 is 0 Å². The molecule has 1 rings (SSSR count). The van der Waals surface area contributed by atoms with E-state index in [0.717, 1.165) is 11.1 Å². The first-order chi connectivity index (χ1) is 10.6. The second kappa shape index (κ2) is 10.3. The van der Waals surface area contributed by atoms with Crippen molar-refractivity contribution in [2.24, 2.45) is 5.73 Å². The minimum atomic E-state index is -0.647. The van der Waals surface area contributed by atoms with Crippen molar-refractivity contribution in [1.82, 2.24) is 4.90 Å². The third-order valence-corrected chi connectivity index (χ3v) is 3.31. The van der Waals surface area contributed by atoms with Crippen molar-refractivity contribution in [1.29, 1.82) is 0 Å². The minimum Gasteiger partial charge on any atom is -0.465 e. The van der Waals surface area contributed by atoms with E-state index in [1.54, 1.807) is 6.92 Å². The van der Waals surface area contributed by atoms with Crippen LogP contribution in [0.5, 0.6) is 0 Å². The highest BCUT2D eigenvalue weighted by Gasteiger charge is 2.15. The maximum absolute atomic E-state index is 11.5. The third-order valence-electron chi connectivity index (χ3n) is 3.31. The van der Waals surface area contributed by atoms with E-state index in [9.17, 15) is 4.79 Å². The first-order valence-electron chi connectivity index (χ1n) is 7.54. The van der Waals surface area contributed by atoms with Gasteiger partial charge in [0.05, 0.1) is 19.8 Å². The third kappa shape index (κ3) is 6.53. The van der Waals surface area contributed by atoms with Gasteiger partial charge in [0.2, 0.25) is 0 Å². The van der Waals surface area contributed by atoms with E-state index in [0.29, 0.717) is 32.7 Å². The number of benzene rings is 1. The fraction of sp³-hybridized carbons (Fsp3) is 0.562. The van der Waals surface area contributed by atoms with E-state index in [1.165, 1.54) is 0 Å². The Kier molecular flexibility index (Phi) is 8.69. The van der Waals surface area contributed by atoms with Crippen LogP contribution < -0.4 is 5.73 Å². The van der Waals surface area contributed by atoms with E-state index >= 15 is 0 Å². The summed E-state index contributed by atoms with van der Waals surface area (Å²) in [6.07, 6.45) is 0.441. The number of nitrogens with zero attached hydrogens (tertiary/aromatic N) is 1. The van der Waals surface area contributed by atoms with Gasteiger partial charge in [0.15, 0.2) is 0 Å². The quantitative estimate of drug-likeness (QED) is 0.523. The highest BCUT2D eigenvalue weighted by atomic mass is 16.5. The van der Waals surface area contributed by atoms with Gasteiger partial charge in [-0.2, -0.15) is 0 Å². The van der Waals surface area contributed by atoms with E-state index in [4.69, 9.17) is 20.7 Å². The minimum absolute atomic E-state index is 0.0620. The first-order valence-corrected chi connectivity index (χ1v) is 7.54. The summed E-state index contributed by atoms with van der Waals surface area (Å²) < 4.78 is 4.89. The number of aliphatic hydroxyl groups is 2. The summed E-state index contributed by atoms with van der Waals surface area (Å²) in [5.41, 5.74) is 7.85. The second-order valence-corrected chi connectivity index (χ2v) is 5.10. The Morgan fingerprint density at radius 2 is 1.73 bits per heavy atom. The molecule has 0 fully saturated rings. The summed E-state index contributed by atoms with van der Waals surface area (Å²) in [7, 11) is 0. The molecule has 1 unspecified atom stereocenters. The molecule has 6 heteroatoms. The van der Waals surface area contributed by atoms with Gasteiger partial charge in [-0.3, -0.25) is 9.69 Å². The summed E-state index contributed by atoms with van der Waals surface area (Å²) >= 11 is 0. The number of hydrogen-bond acceptors (Lipinski definition) is 6. The number of hydrogen-bond donors (Lipinski definition) is 3. The van der Waals surface area contributed by atoms with Crippen LogP contribution in [-0.2, 0) is 22.5 Å². The molecule has 0 amide bonds. The standard InChI is InChI=1S/C16H26N2O4/c1-2-22-16(21)15(17)11-13-3-5-14(6-4-13)12-18(7-9-19)8-10-20/h3-6,15,19-20H,2,7-12,17H2,1H3. The number of ether oxygens (including phenoxy) is 1. The van der Waals surface area contributed by atoms with Crippen LogP contribution in [0.15, 0.2) is 24.3 Å². The summed E-state index contributed by atoms with van der Waals surface area (Å²) in [4.78, 5) is 13.5. The largest absolute Gasteiger partial charge is 0.465 e. The summed E-state index contributed by atoms with van der Waals surface area (Å²) in [5, 5.41) is 18.0. The molecule has 0 aliphatic carbocycles. The van der Waals surface area contributed by atoms with Gasteiger partial charge >= 0.3 is 5.97 Å². The molecule has 6 nitrogen and oxygen atoms in total. The average Bonchev–Trinajstić information content (AvgIpc) is 2.50. The zero-order valence-corrected chi connectivity index (χ0v) is 13.1. The fourth-order valence-electron chi connectivity index (χ4n) is 2.18. The lowest BCUT2D eigenvalue weighted by molar-refractivity contribution is -0.144. The Balaban J connectivity index is 2.56. The van der Waals surface area contributed by atoms with Crippen LogP contribution in [-0.4, -0.2) is 60.0 Å². The number of carbonyl (C=O) groups is 1. The molecule has 22 heavy (non-hydrogen) atoms. The van der Waals surface area contributed by atoms with Crippen molar-refractivity contribution < 1.29 is 19.7 Å². The maximum atomic E-state index is 11.5. The smallest absolute Gasteiger partial charge is 0.323 e. The van der Waals surface area contributed by atoms with Crippen LogP contribution in [0, 0.1) is 0 Å². The van der Waals surface area contributed by atoms with Crippen LogP contribution in [0.1, 0.15) is 18.1 Å². The number of aliphatic hydroxyl groups excluding tert-OH is 2. The van der Waals surface area contributed by atoms with Crippen LogP contribution in [0.3, 0.4) is 0 Å². The van der Waals surface area contributed by atoms with Gasteiger partial charge in [-0.1, -0.05) is 24.3 Å². The molecule has 4 N–H and O–H groups in total. The molecular formula is C16H26N2O4. The average molecular weight is 310 g/mol. The van der Waals surface area contributed by atoms with Crippen LogP contribution in [0.2, 0.25) is 0 Å². The Labute approximate surface area is 131 Å². The number of nitrogens with two attached hydrogens (primary N) is 1. The molecule has 0 radical (unpaired) electrons. The van der Waals surface area contributed by atoms with E-state index in [-0.39, 0.29) is 19.2 Å². The molecule has 124 valence electrons. The zero-order chi connectivity index (χ0) is 16.4. The van der Waals surface area contributed by atoms with Crippen molar-refractivity contribution in [3.05, 3.63) is 35.4 Å². The lowest BCUT2D eigenvalue weighted by atomic mass is 10.0. The molecule has 0 aliphatic rings. The van der Waals surface area contributed by atoms with Crippen LogP contribution in [0.4, 0.5) is 0 Å². The van der Waals surface area contributed by atoms with Gasteiger partial charge in [-0.05, 0) is 24.5 Å². The normalized spacial score (nSPS) is 12.4. The van der Waals surface area contributed by atoms with Gasteiger partial charge in [0, 0.05) is 19.6 Å². The molecule has 0 aliphatic heterocycles. The highest BCUT2D eigenvalue weighted by molar-refractivity contribution is 5.75. The molecule has 0 aromatic heterocycles. The van der Waals surface area contributed by atoms with Gasteiger partial charge in [0.25, 0.3) is 0 Å². The molecule has 1 aromatic rings. The summed E-state index contributed by atoms with van der Waals surface area (Å²) in [6.45, 7) is 3.91. The van der Waals surface area contributed by atoms with Gasteiger partial charge in [0.1, 0.15) is 6.04 Å². The molecule has 0 spiro atoms. The molecular weight excluding hydrogens is 284 g/mol. The SMILES string of the molecule is CCOC(=O)C(N)Cc1ccc(CN(CCO)CCO)cc1. The number of carbonyl (C=O) groups excluding carboxylic acids is 1. The van der Waals surface area contributed by atoms with Crippen molar-refractivity contribution in [2.45, 2.75) is 25.9 Å². The monoisotopic (exact) mass is 310 g/mol. The maximum Gasteiger partial charge on any atom is 0.323 e. The molecule has 0 saturated carbocycles. The van der Waals surface area contributed by atoms with Crippen LogP contribution in [0.25, 0.3) is 0 Å². The topological polar surface area (TPSA) is 96.0 Å². The molecule has 0 bridgehead atoms. The number of esters is 1. The Hall–Kier alpha value is -1.47. The Morgan fingerprint density at radius 3 is 2.23 bits per heavy atom. The Bertz CT molecular complexity index is 430. The fourth-order valence-corrected chi connectivity index (χ4v) is 2.18. The van der Waals surface area contributed by atoms with E-state index < -0.39 is 6.04 Å². The van der Waals surface area contributed by atoms with Crippen molar-refractivity contribution in [3.8, 4) is 0 Å². The van der Waals surface area contributed by atoms with Crippen molar-refractivity contribution in [2.75, 3.05) is 32.9 Å². The van der Waals surface area contributed by atoms with E-state index in [2.05, 4.69) is 0 Å². The van der Waals surface area contributed by atoms with Crippen molar-refractivity contribution >= 4 is 5.97 Å². The summed E-state index contributed by atoms with van der Waals surface area (Å²) in [5.74, 6) is -0.386. The van der Waals surface area contributed by atoms with E-state index in [1.807, 2.05) is 29.2 Å². The first kappa shape index (κ1) is 18.6. The lowest BCUT2D eigenvalue weighted by Crippen LogP contribution is -2.34. The lowest BCUT2D eigenvalue weighted by Gasteiger charge is -2.20. The summed E-state index contributed by atoms with van der Waals surface area (Å²) in [6, 6.07) is 7.16. The highest BCUT2D eigenvalue weighted by Crippen LogP contribution is 2.09. The molecule has 0 saturated heterocycles.